The molecule has 0 aromatic heterocycles. The first-order valence-electron chi connectivity index (χ1n) is 6.17. The van der Waals surface area contributed by atoms with Gasteiger partial charge >= 0.3 is 12.1 Å². The summed E-state index contributed by atoms with van der Waals surface area (Å²) in [5.41, 5.74) is -0.962. The van der Waals surface area contributed by atoms with Crippen molar-refractivity contribution in [3.05, 3.63) is 32.3 Å². The zero-order valence-electron chi connectivity index (χ0n) is 10.9. The SMILES string of the molecule is O=C(Nc1c([C@H]2CCCO2)cc(Br)cc1[N+](=O)[O-])C(F)(F)F. The number of benzene rings is 1. The molecule has 0 bridgehead atoms. The van der Waals surface area contributed by atoms with Crippen LogP contribution in [-0.2, 0) is 9.53 Å². The first-order chi connectivity index (χ1) is 10.2. The third-order valence-electron chi connectivity index (χ3n) is 3.08. The van der Waals surface area contributed by atoms with Crippen LogP contribution in [0.15, 0.2) is 16.6 Å². The second-order valence-corrected chi connectivity index (χ2v) is 5.52. The maximum atomic E-state index is 12.4. The number of nitro groups is 1. The van der Waals surface area contributed by atoms with Crippen LogP contribution in [0.2, 0.25) is 0 Å². The van der Waals surface area contributed by atoms with Crippen LogP contribution in [0.25, 0.3) is 0 Å². The highest BCUT2D eigenvalue weighted by Gasteiger charge is 2.41. The summed E-state index contributed by atoms with van der Waals surface area (Å²) in [6, 6.07) is 2.44. The summed E-state index contributed by atoms with van der Waals surface area (Å²) < 4.78 is 43.0. The van der Waals surface area contributed by atoms with E-state index in [9.17, 15) is 28.1 Å². The second-order valence-electron chi connectivity index (χ2n) is 4.60. The van der Waals surface area contributed by atoms with Crippen LogP contribution < -0.4 is 5.32 Å². The molecule has 6 nitrogen and oxygen atoms in total. The van der Waals surface area contributed by atoms with E-state index in [-0.39, 0.29) is 5.56 Å². The number of alkyl halides is 3. The predicted molar refractivity (Wildman–Crippen MR) is 73.4 cm³/mol. The van der Waals surface area contributed by atoms with Crippen molar-refractivity contribution < 1.29 is 27.6 Å². The molecule has 1 aromatic carbocycles. The molecule has 120 valence electrons. The van der Waals surface area contributed by atoms with E-state index in [2.05, 4.69) is 15.9 Å². The second kappa shape index (κ2) is 6.21. The van der Waals surface area contributed by atoms with E-state index in [1.807, 2.05) is 0 Å². The lowest BCUT2D eigenvalue weighted by atomic mass is 10.0. The van der Waals surface area contributed by atoms with Crippen molar-refractivity contribution in [2.24, 2.45) is 0 Å². The molecular formula is C12H10BrF3N2O4. The minimum Gasteiger partial charge on any atom is -0.373 e. The van der Waals surface area contributed by atoms with Crippen molar-refractivity contribution in [2.45, 2.75) is 25.1 Å². The molecule has 0 unspecified atom stereocenters. The number of hydrogen-bond donors (Lipinski definition) is 1. The number of anilines is 1. The van der Waals surface area contributed by atoms with Gasteiger partial charge in [-0.1, -0.05) is 15.9 Å². The first-order valence-corrected chi connectivity index (χ1v) is 6.97. The molecule has 2 rings (SSSR count). The Morgan fingerprint density at radius 2 is 2.14 bits per heavy atom. The number of carbonyl (C=O) groups is 1. The number of halogens is 4. The van der Waals surface area contributed by atoms with Crippen molar-refractivity contribution in [2.75, 3.05) is 11.9 Å². The normalized spacial score (nSPS) is 18.3. The highest BCUT2D eigenvalue weighted by molar-refractivity contribution is 9.10. The van der Waals surface area contributed by atoms with Crippen LogP contribution in [0.5, 0.6) is 0 Å². The molecule has 0 spiro atoms. The Morgan fingerprint density at radius 1 is 1.45 bits per heavy atom. The zero-order valence-corrected chi connectivity index (χ0v) is 12.5. The predicted octanol–water partition coefficient (Wildman–Crippen LogP) is 3.71. The molecule has 1 heterocycles. The van der Waals surface area contributed by atoms with Gasteiger partial charge in [0.1, 0.15) is 5.69 Å². The smallest absolute Gasteiger partial charge is 0.373 e. The Hall–Kier alpha value is -1.68. The highest BCUT2D eigenvalue weighted by Crippen LogP contribution is 2.41. The van der Waals surface area contributed by atoms with Crippen molar-refractivity contribution in [1.82, 2.24) is 0 Å². The summed E-state index contributed by atoms with van der Waals surface area (Å²) in [4.78, 5) is 21.4. The molecule has 1 saturated heterocycles. The van der Waals surface area contributed by atoms with Gasteiger partial charge < -0.3 is 10.1 Å². The van der Waals surface area contributed by atoms with E-state index in [1.54, 1.807) is 5.32 Å². The fraction of sp³-hybridized carbons (Fsp3) is 0.417. The van der Waals surface area contributed by atoms with Crippen LogP contribution in [-0.4, -0.2) is 23.6 Å². The molecule has 10 heteroatoms. The maximum Gasteiger partial charge on any atom is 0.471 e. The van der Waals surface area contributed by atoms with Crippen molar-refractivity contribution in [1.29, 1.82) is 0 Å². The van der Waals surface area contributed by atoms with Gasteiger partial charge in [-0.05, 0) is 18.9 Å². The van der Waals surface area contributed by atoms with Crippen LogP contribution >= 0.6 is 15.9 Å². The molecule has 0 radical (unpaired) electrons. The minimum absolute atomic E-state index is 0.149. The molecule has 22 heavy (non-hydrogen) atoms. The Labute approximate surface area is 130 Å². The Kier molecular flexibility index (Phi) is 4.71. The molecule has 1 fully saturated rings. The van der Waals surface area contributed by atoms with E-state index < -0.39 is 34.5 Å². The van der Waals surface area contributed by atoms with E-state index >= 15 is 0 Å². The lowest BCUT2D eigenvalue weighted by Crippen LogP contribution is -2.30. The van der Waals surface area contributed by atoms with Gasteiger partial charge in [0, 0.05) is 22.7 Å². The summed E-state index contributed by atoms with van der Waals surface area (Å²) in [5.74, 6) is -2.27. The average molecular weight is 383 g/mol. The molecule has 1 atom stereocenters. The molecule has 1 N–H and O–H groups in total. The number of nitrogens with zero attached hydrogens (tertiary/aromatic N) is 1. The fourth-order valence-corrected chi connectivity index (χ4v) is 2.62. The van der Waals surface area contributed by atoms with Gasteiger partial charge in [0.25, 0.3) is 5.69 Å². The third kappa shape index (κ3) is 3.55. The topological polar surface area (TPSA) is 81.5 Å². The number of carbonyl (C=O) groups excluding carboxylic acids is 1. The Morgan fingerprint density at radius 3 is 2.64 bits per heavy atom. The van der Waals surface area contributed by atoms with Crippen LogP contribution in [0.1, 0.15) is 24.5 Å². The molecule has 1 aliphatic heterocycles. The van der Waals surface area contributed by atoms with Gasteiger partial charge in [0.05, 0.1) is 11.0 Å². The van der Waals surface area contributed by atoms with Gasteiger partial charge in [0.2, 0.25) is 0 Å². The minimum atomic E-state index is -5.14. The molecule has 1 aromatic rings. The summed E-state index contributed by atoms with van der Waals surface area (Å²) in [6.45, 7) is 0.400. The number of amides is 1. The summed E-state index contributed by atoms with van der Waals surface area (Å²) >= 11 is 3.07. The molecule has 1 aliphatic rings. The number of ether oxygens (including phenoxy) is 1. The Bertz CT molecular complexity index is 615. The first kappa shape index (κ1) is 16.7. The van der Waals surface area contributed by atoms with E-state index in [0.29, 0.717) is 23.9 Å². The van der Waals surface area contributed by atoms with Crippen molar-refractivity contribution in [3.8, 4) is 0 Å². The largest absolute Gasteiger partial charge is 0.471 e. The third-order valence-corrected chi connectivity index (χ3v) is 3.54. The number of rotatable bonds is 3. The molecule has 0 saturated carbocycles. The lowest BCUT2D eigenvalue weighted by molar-refractivity contribution is -0.384. The Balaban J connectivity index is 2.51. The van der Waals surface area contributed by atoms with Gasteiger partial charge in [-0.25, -0.2) is 0 Å². The van der Waals surface area contributed by atoms with E-state index in [1.165, 1.54) is 6.07 Å². The molecule has 0 aliphatic carbocycles. The van der Waals surface area contributed by atoms with Crippen LogP contribution in [0, 0.1) is 10.1 Å². The zero-order chi connectivity index (χ0) is 16.5. The van der Waals surface area contributed by atoms with Crippen molar-refractivity contribution in [3.63, 3.8) is 0 Å². The number of nitrogens with one attached hydrogen (secondary N) is 1. The summed E-state index contributed by atoms with van der Waals surface area (Å²) in [5, 5.41) is 12.7. The molecular weight excluding hydrogens is 373 g/mol. The van der Waals surface area contributed by atoms with E-state index in [4.69, 9.17) is 4.74 Å². The van der Waals surface area contributed by atoms with Gasteiger partial charge in [-0.3, -0.25) is 14.9 Å². The summed E-state index contributed by atoms with van der Waals surface area (Å²) in [7, 11) is 0. The maximum absolute atomic E-state index is 12.4. The van der Waals surface area contributed by atoms with Gasteiger partial charge in [-0.15, -0.1) is 0 Å². The lowest BCUT2D eigenvalue weighted by Gasteiger charge is -2.17. The van der Waals surface area contributed by atoms with Crippen LogP contribution in [0.4, 0.5) is 24.5 Å². The number of hydrogen-bond acceptors (Lipinski definition) is 4. The number of nitro benzene ring substituents is 1. The van der Waals surface area contributed by atoms with E-state index in [0.717, 1.165) is 6.07 Å². The van der Waals surface area contributed by atoms with Gasteiger partial charge in [-0.2, -0.15) is 13.2 Å². The fourth-order valence-electron chi connectivity index (χ4n) is 2.15. The summed E-state index contributed by atoms with van der Waals surface area (Å²) in [6.07, 6.45) is -4.56. The van der Waals surface area contributed by atoms with Gasteiger partial charge in [0.15, 0.2) is 0 Å². The van der Waals surface area contributed by atoms with Crippen LogP contribution in [0.3, 0.4) is 0 Å². The quantitative estimate of drug-likeness (QED) is 0.638. The molecule has 1 amide bonds. The van der Waals surface area contributed by atoms with Crippen molar-refractivity contribution >= 4 is 33.2 Å². The average Bonchev–Trinajstić information content (AvgIpc) is 2.92. The highest BCUT2D eigenvalue weighted by atomic mass is 79.9. The monoisotopic (exact) mass is 382 g/mol. The standard InChI is InChI=1S/C12H10BrF3N2O4/c13-6-4-7(9-2-1-3-22-9)10(8(5-6)18(20)21)17-11(19)12(14,15)16/h4-5,9H,1-3H2,(H,17,19)/t9-/m1/s1.